The van der Waals surface area contributed by atoms with Crippen molar-refractivity contribution in [2.75, 3.05) is 23.8 Å². The van der Waals surface area contributed by atoms with E-state index in [1.54, 1.807) is 6.07 Å². The van der Waals surface area contributed by atoms with E-state index in [2.05, 4.69) is 9.88 Å². The zero-order valence-electron chi connectivity index (χ0n) is 10.2. The number of aliphatic hydroxyl groups excluding tert-OH is 1. The van der Waals surface area contributed by atoms with E-state index in [9.17, 15) is 0 Å². The zero-order valence-corrected chi connectivity index (χ0v) is 10.2. The van der Waals surface area contributed by atoms with Crippen LogP contribution in [0.1, 0.15) is 19.3 Å². The summed E-state index contributed by atoms with van der Waals surface area (Å²) in [6.45, 7) is 0.671. The molecule has 0 saturated heterocycles. The van der Waals surface area contributed by atoms with Gasteiger partial charge in [0.2, 0.25) is 0 Å². The van der Waals surface area contributed by atoms with Gasteiger partial charge >= 0.3 is 0 Å². The summed E-state index contributed by atoms with van der Waals surface area (Å²) in [5, 5.41) is 9.15. The Kier molecular flexibility index (Phi) is 2.83. The molecule has 3 rings (SSSR count). The number of rotatable bonds is 4. The number of anilines is 2. The van der Waals surface area contributed by atoms with Crippen molar-refractivity contribution in [3.05, 3.63) is 18.2 Å². The number of hydrogen-bond acceptors (Lipinski definition) is 5. The lowest BCUT2D eigenvalue weighted by atomic mass is 9.92. The number of nitrogen functional groups attached to an aromatic ring is 1. The number of benzene rings is 1. The lowest BCUT2D eigenvalue weighted by Crippen LogP contribution is -2.42. The van der Waals surface area contributed by atoms with Gasteiger partial charge in [-0.3, -0.25) is 0 Å². The van der Waals surface area contributed by atoms with E-state index in [4.69, 9.17) is 15.3 Å². The van der Waals surface area contributed by atoms with Crippen LogP contribution in [-0.4, -0.2) is 29.3 Å². The maximum atomic E-state index is 9.15. The van der Waals surface area contributed by atoms with Gasteiger partial charge in [-0.05, 0) is 31.4 Å². The van der Waals surface area contributed by atoms with Crippen LogP contribution in [0.2, 0.25) is 0 Å². The SMILES string of the molecule is Nc1ccc2nc(N(CCO)C3CCC3)oc2c1. The summed E-state index contributed by atoms with van der Waals surface area (Å²) in [6.07, 6.45) is 3.52. The minimum atomic E-state index is 0.108. The molecule has 0 amide bonds. The normalized spacial score (nSPS) is 15.8. The number of fused-ring (bicyclic) bond motifs is 1. The Balaban J connectivity index is 1.95. The lowest BCUT2D eigenvalue weighted by molar-refractivity contribution is 0.277. The molecular formula is C13H17N3O2. The molecule has 3 N–H and O–H groups in total. The van der Waals surface area contributed by atoms with E-state index in [1.807, 2.05) is 12.1 Å². The van der Waals surface area contributed by atoms with E-state index in [-0.39, 0.29) is 6.61 Å². The van der Waals surface area contributed by atoms with Crippen LogP contribution in [0.4, 0.5) is 11.7 Å². The number of nitrogens with zero attached hydrogens (tertiary/aromatic N) is 2. The highest BCUT2D eigenvalue weighted by Crippen LogP contribution is 2.31. The Labute approximate surface area is 105 Å². The second kappa shape index (κ2) is 4.49. The third-order valence-corrected chi connectivity index (χ3v) is 3.50. The fraction of sp³-hybridized carbons (Fsp3) is 0.462. The number of oxazole rings is 1. The average molecular weight is 247 g/mol. The fourth-order valence-corrected chi connectivity index (χ4v) is 2.29. The van der Waals surface area contributed by atoms with Crippen LogP contribution in [-0.2, 0) is 0 Å². The van der Waals surface area contributed by atoms with Crippen LogP contribution < -0.4 is 10.6 Å². The van der Waals surface area contributed by atoms with Crippen molar-refractivity contribution in [2.24, 2.45) is 0 Å². The zero-order chi connectivity index (χ0) is 12.5. The molecule has 2 aromatic rings. The van der Waals surface area contributed by atoms with Gasteiger partial charge in [0.1, 0.15) is 5.52 Å². The largest absolute Gasteiger partial charge is 0.423 e. The minimum absolute atomic E-state index is 0.108. The maximum Gasteiger partial charge on any atom is 0.298 e. The molecule has 1 saturated carbocycles. The monoisotopic (exact) mass is 247 g/mol. The standard InChI is InChI=1S/C13H17N3O2/c14-9-4-5-11-12(8-9)18-13(15-11)16(6-7-17)10-2-1-3-10/h4-5,8,10,17H,1-3,6-7,14H2. The Morgan fingerprint density at radius 2 is 2.28 bits per heavy atom. The summed E-state index contributed by atoms with van der Waals surface area (Å²) >= 11 is 0. The van der Waals surface area contributed by atoms with Crippen LogP contribution in [0.15, 0.2) is 22.6 Å². The maximum absolute atomic E-state index is 9.15. The highest BCUT2D eigenvalue weighted by molar-refractivity contribution is 5.78. The molecule has 5 heteroatoms. The van der Waals surface area contributed by atoms with E-state index in [1.165, 1.54) is 6.42 Å². The Morgan fingerprint density at radius 1 is 1.44 bits per heavy atom. The lowest BCUT2D eigenvalue weighted by Gasteiger charge is -2.36. The topological polar surface area (TPSA) is 75.5 Å². The van der Waals surface area contributed by atoms with Gasteiger partial charge in [0.15, 0.2) is 5.58 Å². The molecule has 0 aliphatic heterocycles. The summed E-state index contributed by atoms with van der Waals surface area (Å²) in [4.78, 5) is 6.52. The molecule has 1 fully saturated rings. The van der Waals surface area contributed by atoms with Crippen LogP contribution >= 0.6 is 0 Å². The van der Waals surface area contributed by atoms with Gasteiger partial charge in [-0.15, -0.1) is 0 Å². The molecule has 0 spiro atoms. The molecule has 0 radical (unpaired) electrons. The van der Waals surface area contributed by atoms with Crippen molar-refractivity contribution >= 4 is 22.8 Å². The van der Waals surface area contributed by atoms with Crippen molar-refractivity contribution < 1.29 is 9.52 Å². The van der Waals surface area contributed by atoms with Crippen molar-refractivity contribution in [3.8, 4) is 0 Å². The van der Waals surface area contributed by atoms with E-state index < -0.39 is 0 Å². The van der Waals surface area contributed by atoms with Crippen molar-refractivity contribution in [1.82, 2.24) is 4.98 Å². The van der Waals surface area contributed by atoms with Crippen LogP contribution in [0.3, 0.4) is 0 Å². The molecule has 0 bridgehead atoms. The van der Waals surface area contributed by atoms with Gasteiger partial charge in [-0.2, -0.15) is 4.98 Å². The minimum Gasteiger partial charge on any atom is -0.423 e. The molecule has 0 unspecified atom stereocenters. The van der Waals surface area contributed by atoms with E-state index in [0.717, 1.165) is 18.4 Å². The number of nitrogens with two attached hydrogens (primary N) is 1. The molecule has 96 valence electrons. The first-order chi connectivity index (χ1) is 8.78. The predicted octanol–water partition coefficient (Wildman–Crippen LogP) is 1.76. The Hall–Kier alpha value is -1.75. The van der Waals surface area contributed by atoms with Gasteiger partial charge < -0.3 is 20.2 Å². The summed E-state index contributed by atoms with van der Waals surface area (Å²) in [5.74, 6) is 0. The Bertz CT molecular complexity index is 548. The average Bonchev–Trinajstić information content (AvgIpc) is 2.68. The van der Waals surface area contributed by atoms with Crippen LogP contribution in [0, 0.1) is 0 Å². The first-order valence-electron chi connectivity index (χ1n) is 6.31. The van der Waals surface area contributed by atoms with Gasteiger partial charge in [0.25, 0.3) is 6.01 Å². The van der Waals surface area contributed by atoms with E-state index in [0.29, 0.717) is 29.9 Å². The van der Waals surface area contributed by atoms with Crippen molar-refractivity contribution in [2.45, 2.75) is 25.3 Å². The summed E-state index contributed by atoms with van der Waals surface area (Å²) in [6, 6.07) is 6.49. The molecular weight excluding hydrogens is 230 g/mol. The van der Waals surface area contributed by atoms with Gasteiger partial charge in [0, 0.05) is 24.3 Å². The molecule has 1 heterocycles. The highest BCUT2D eigenvalue weighted by Gasteiger charge is 2.28. The smallest absolute Gasteiger partial charge is 0.298 e. The summed E-state index contributed by atoms with van der Waals surface area (Å²) in [7, 11) is 0. The van der Waals surface area contributed by atoms with Gasteiger partial charge in [0.05, 0.1) is 6.61 Å². The quantitative estimate of drug-likeness (QED) is 0.805. The first-order valence-corrected chi connectivity index (χ1v) is 6.31. The number of hydrogen-bond donors (Lipinski definition) is 2. The van der Waals surface area contributed by atoms with Crippen LogP contribution in [0.5, 0.6) is 0 Å². The van der Waals surface area contributed by atoms with Gasteiger partial charge in [-0.1, -0.05) is 0 Å². The molecule has 1 aliphatic carbocycles. The molecule has 0 atom stereocenters. The third-order valence-electron chi connectivity index (χ3n) is 3.50. The third kappa shape index (κ3) is 1.90. The number of aliphatic hydroxyl groups is 1. The molecule has 1 aromatic heterocycles. The summed E-state index contributed by atoms with van der Waals surface area (Å²) < 4.78 is 5.74. The molecule has 1 aromatic carbocycles. The molecule has 1 aliphatic rings. The summed E-state index contributed by atoms with van der Waals surface area (Å²) in [5.41, 5.74) is 7.90. The molecule has 18 heavy (non-hydrogen) atoms. The predicted molar refractivity (Wildman–Crippen MR) is 70.5 cm³/mol. The highest BCUT2D eigenvalue weighted by atomic mass is 16.4. The van der Waals surface area contributed by atoms with Crippen molar-refractivity contribution in [3.63, 3.8) is 0 Å². The fourth-order valence-electron chi connectivity index (χ4n) is 2.29. The second-order valence-electron chi connectivity index (χ2n) is 4.73. The van der Waals surface area contributed by atoms with Crippen molar-refractivity contribution in [1.29, 1.82) is 0 Å². The van der Waals surface area contributed by atoms with Gasteiger partial charge in [-0.25, -0.2) is 0 Å². The number of aromatic nitrogens is 1. The molecule has 5 nitrogen and oxygen atoms in total. The second-order valence-corrected chi connectivity index (χ2v) is 4.73. The first kappa shape index (κ1) is 11.3. The van der Waals surface area contributed by atoms with E-state index >= 15 is 0 Å². The Morgan fingerprint density at radius 3 is 2.94 bits per heavy atom. The van der Waals surface area contributed by atoms with Crippen LogP contribution in [0.25, 0.3) is 11.1 Å².